The van der Waals surface area contributed by atoms with Gasteiger partial charge in [0, 0.05) is 6.54 Å². The van der Waals surface area contributed by atoms with Crippen molar-refractivity contribution in [3.63, 3.8) is 0 Å². The Morgan fingerprint density at radius 1 is 1.56 bits per heavy atom. The number of hydrogen-bond acceptors (Lipinski definition) is 6. The Bertz CT molecular complexity index is 346. The largest absolute Gasteiger partial charge is 0.351 e. The molecule has 0 radical (unpaired) electrons. The summed E-state index contributed by atoms with van der Waals surface area (Å²) >= 11 is 1.75. The fraction of sp³-hybridized carbons (Fsp3) is 0.444. The van der Waals surface area contributed by atoms with Crippen molar-refractivity contribution in [2.24, 2.45) is 5.84 Å². The zero-order valence-corrected chi connectivity index (χ0v) is 9.88. The lowest BCUT2D eigenvalue weighted by Gasteiger charge is -2.04. The van der Waals surface area contributed by atoms with E-state index in [-0.39, 0.29) is 11.6 Å². The van der Waals surface area contributed by atoms with E-state index in [1.807, 2.05) is 6.26 Å². The second kappa shape index (κ2) is 7.02. The number of hydrazine groups is 1. The summed E-state index contributed by atoms with van der Waals surface area (Å²) < 4.78 is 0. The van der Waals surface area contributed by atoms with Crippen molar-refractivity contribution in [3.05, 3.63) is 18.1 Å². The maximum absolute atomic E-state index is 11.6. The van der Waals surface area contributed by atoms with Crippen LogP contribution in [0.3, 0.4) is 0 Å². The number of nitrogen functional groups attached to an aromatic ring is 1. The monoisotopic (exact) mass is 241 g/mol. The van der Waals surface area contributed by atoms with E-state index in [0.717, 1.165) is 12.2 Å². The number of anilines is 1. The van der Waals surface area contributed by atoms with Crippen LogP contribution in [-0.4, -0.2) is 34.4 Å². The molecule has 0 spiro atoms. The number of thioether (sulfide) groups is 1. The van der Waals surface area contributed by atoms with E-state index in [0.29, 0.717) is 12.4 Å². The molecule has 1 rings (SSSR count). The predicted molar refractivity (Wildman–Crippen MR) is 65.2 cm³/mol. The van der Waals surface area contributed by atoms with Gasteiger partial charge in [-0.3, -0.25) is 9.78 Å². The first-order valence-corrected chi connectivity index (χ1v) is 6.23. The molecule has 1 aromatic heterocycles. The minimum absolute atomic E-state index is 0.231. The van der Waals surface area contributed by atoms with Gasteiger partial charge < -0.3 is 10.7 Å². The first kappa shape index (κ1) is 12.7. The van der Waals surface area contributed by atoms with Crippen LogP contribution >= 0.6 is 11.8 Å². The highest BCUT2D eigenvalue weighted by molar-refractivity contribution is 7.98. The quantitative estimate of drug-likeness (QED) is 0.375. The molecule has 0 saturated heterocycles. The Kier molecular flexibility index (Phi) is 5.58. The normalized spacial score (nSPS) is 9.88. The molecule has 88 valence electrons. The van der Waals surface area contributed by atoms with Gasteiger partial charge in [-0.15, -0.1) is 0 Å². The van der Waals surface area contributed by atoms with Crippen LogP contribution in [0.1, 0.15) is 16.9 Å². The summed E-state index contributed by atoms with van der Waals surface area (Å²) in [6.45, 7) is 0.641. The number of rotatable bonds is 6. The fourth-order valence-corrected chi connectivity index (χ4v) is 1.49. The van der Waals surface area contributed by atoms with Gasteiger partial charge in [0.15, 0.2) is 5.82 Å². The van der Waals surface area contributed by atoms with Crippen LogP contribution in [0, 0.1) is 0 Å². The van der Waals surface area contributed by atoms with Crippen LogP contribution in [0.25, 0.3) is 0 Å². The molecule has 0 aliphatic carbocycles. The molecule has 1 aromatic rings. The maximum Gasteiger partial charge on any atom is 0.271 e. The molecule has 1 heterocycles. The second-order valence-corrected chi connectivity index (χ2v) is 4.02. The first-order valence-electron chi connectivity index (χ1n) is 4.83. The smallest absolute Gasteiger partial charge is 0.271 e. The van der Waals surface area contributed by atoms with Gasteiger partial charge >= 0.3 is 0 Å². The van der Waals surface area contributed by atoms with Gasteiger partial charge in [0.2, 0.25) is 0 Å². The summed E-state index contributed by atoms with van der Waals surface area (Å²) in [5, 5.41) is 2.76. The average Bonchev–Trinajstić information content (AvgIpc) is 2.34. The molecule has 0 aliphatic rings. The van der Waals surface area contributed by atoms with E-state index < -0.39 is 0 Å². The second-order valence-electron chi connectivity index (χ2n) is 3.04. The van der Waals surface area contributed by atoms with E-state index >= 15 is 0 Å². The predicted octanol–water partition coefficient (Wildman–Crippen LogP) is 0.245. The topological polar surface area (TPSA) is 92.9 Å². The van der Waals surface area contributed by atoms with E-state index in [1.54, 1.807) is 11.8 Å². The molecule has 0 unspecified atom stereocenters. The third-order valence-corrected chi connectivity index (χ3v) is 2.52. The lowest BCUT2D eigenvalue weighted by molar-refractivity contribution is 0.0948. The third kappa shape index (κ3) is 4.03. The van der Waals surface area contributed by atoms with Crippen molar-refractivity contribution in [3.8, 4) is 0 Å². The fourth-order valence-electron chi connectivity index (χ4n) is 1.05. The summed E-state index contributed by atoms with van der Waals surface area (Å²) in [6, 6.07) is 0. The highest BCUT2D eigenvalue weighted by Crippen LogP contribution is 2.00. The lowest BCUT2D eigenvalue weighted by Crippen LogP contribution is -2.26. The molecule has 0 atom stereocenters. The minimum Gasteiger partial charge on any atom is -0.351 e. The summed E-state index contributed by atoms with van der Waals surface area (Å²) in [5.41, 5.74) is 2.61. The summed E-state index contributed by atoms with van der Waals surface area (Å²) in [7, 11) is 0. The van der Waals surface area contributed by atoms with Crippen molar-refractivity contribution in [1.82, 2.24) is 15.3 Å². The van der Waals surface area contributed by atoms with Crippen LogP contribution in [-0.2, 0) is 0 Å². The molecule has 0 saturated carbocycles. The minimum atomic E-state index is -0.231. The Morgan fingerprint density at radius 2 is 2.38 bits per heavy atom. The summed E-state index contributed by atoms with van der Waals surface area (Å²) in [5.74, 6) is 6.34. The zero-order valence-electron chi connectivity index (χ0n) is 9.06. The lowest BCUT2D eigenvalue weighted by atomic mass is 10.4. The number of carbonyl (C=O) groups excluding carboxylic acids is 1. The Balaban J connectivity index is 2.46. The number of nitrogens with one attached hydrogen (secondary N) is 2. The molecule has 0 fully saturated rings. The molecular weight excluding hydrogens is 226 g/mol. The van der Waals surface area contributed by atoms with Gasteiger partial charge in [0.1, 0.15) is 5.69 Å². The van der Waals surface area contributed by atoms with Crippen LogP contribution < -0.4 is 16.6 Å². The molecule has 7 heteroatoms. The van der Waals surface area contributed by atoms with Gasteiger partial charge in [-0.1, -0.05) is 0 Å². The average molecular weight is 241 g/mol. The Labute approximate surface area is 98.4 Å². The van der Waals surface area contributed by atoms with Crippen LogP contribution in [0.2, 0.25) is 0 Å². The van der Waals surface area contributed by atoms with Gasteiger partial charge in [-0.2, -0.15) is 11.8 Å². The third-order valence-electron chi connectivity index (χ3n) is 1.83. The number of nitrogens with two attached hydrogens (primary N) is 1. The zero-order chi connectivity index (χ0) is 11.8. The van der Waals surface area contributed by atoms with Crippen molar-refractivity contribution >= 4 is 23.5 Å². The first-order chi connectivity index (χ1) is 7.77. The van der Waals surface area contributed by atoms with Gasteiger partial charge in [0.25, 0.3) is 5.91 Å². The van der Waals surface area contributed by atoms with E-state index in [4.69, 9.17) is 5.84 Å². The number of carbonyl (C=O) groups is 1. The maximum atomic E-state index is 11.6. The molecule has 0 aliphatic heterocycles. The van der Waals surface area contributed by atoms with E-state index in [1.165, 1.54) is 12.4 Å². The van der Waals surface area contributed by atoms with E-state index in [2.05, 4.69) is 20.7 Å². The van der Waals surface area contributed by atoms with Crippen LogP contribution in [0.4, 0.5) is 5.82 Å². The van der Waals surface area contributed by atoms with Crippen molar-refractivity contribution < 1.29 is 4.79 Å². The molecule has 6 nitrogen and oxygen atoms in total. The van der Waals surface area contributed by atoms with Gasteiger partial charge in [-0.05, 0) is 18.4 Å². The Morgan fingerprint density at radius 3 is 3.06 bits per heavy atom. The van der Waals surface area contributed by atoms with E-state index in [9.17, 15) is 4.79 Å². The molecule has 1 amide bonds. The standard InChI is InChI=1S/C9H15N5OS/c1-16-4-2-3-12-9(15)7-5-11-6-8(13-7)14-10/h5-6H,2-4,10H2,1H3,(H,12,15)(H,13,14). The number of hydrogen-bond donors (Lipinski definition) is 3. The molecule has 0 aromatic carbocycles. The SMILES string of the molecule is CSCCCNC(=O)c1cncc(NN)n1. The summed E-state index contributed by atoms with van der Waals surface area (Å²) in [6.07, 6.45) is 5.83. The van der Waals surface area contributed by atoms with Gasteiger partial charge in [0.05, 0.1) is 12.4 Å². The van der Waals surface area contributed by atoms with Crippen molar-refractivity contribution in [1.29, 1.82) is 0 Å². The van der Waals surface area contributed by atoms with Crippen molar-refractivity contribution in [2.45, 2.75) is 6.42 Å². The highest BCUT2D eigenvalue weighted by Gasteiger charge is 2.07. The Hall–Kier alpha value is -1.34. The van der Waals surface area contributed by atoms with Crippen LogP contribution in [0.5, 0.6) is 0 Å². The number of aromatic nitrogens is 2. The highest BCUT2D eigenvalue weighted by atomic mass is 32.2. The number of nitrogens with zero attached hydrogens (tertiary/aromatic N) is 2. The van der Waals surface area contributed by atoms with Crippen LogP contribution in [0.15, 0.2) is 12.4 Å². The molecule has 0 bridgehead atoms. The molecule has 4 N–H and O–H groups in total. The molecular formula is C9H15N5OS. The summed E-state index contributed by atoms with van der Waals surface area (Å²) in [4.78, 5) is 19.4. The van der Waals surface area contributed by atoms with Crippen molar-refractivity contribution in [2.75, 3.05) is 24.0 Å². The molecule has 16 heavy (non-hydrogen) atoms. The van der Waals surface area contributed by atoms with Gasteiger partial charge in [-0.25, -0.2) is 10.8 Å². The number of amides is 1.